The lowest BCUT2D eigenvalue weighted by molar-refractivity contribution is 0.0166. The summed E-state index contributed by atoms with van der Waals surface area (Å²) >= 11 is 5.94. The molecule has 3 rings (SSSR count). The Balaban J connectivity index is 2.07. The minimum Gasteiger partial charge on any atom is -0.381 e. The lowest BCUT2D eigenvalue weighted by atomic mass is 9.70. The van der Waals surface area contributed by atoms with Gasteiger partial charge in [-0.3, -0.25) is 4.79 Å². The van der Waals surface area contributed by atoms with Crippen LogP contribution in [0.4, 0.5) is 0 Å². The number of aryl methyl sites for hydroxylation is 1. The fraction of sp³-hybridized carbons (Fsp3) is 0.200. The van der Waals surface area contributed by atoms with E-state index >= 15 is 0 Å². The molecule has 2 aromatic rings. The fourth-order valence-corrected chi connectivity index (χ4v) is 3.35. The first-order valence-corrected chi connectivity index (χ1v) is 7.90. The van der Waals surface area contributed by atoms with Crippen molar-refractivity contribution in [3.8, 4) is 0 Å². The van der Waals surface area contributed by atoms with Crippen LogP contribution in [0.3, 0.4) is 0 Å². The summed E-state index contributed by atoms with van der Waals surface area (Å²) in [6.45, 7) is 3.61. The van der Waals surface area contributed by atoms with Crippen LogP contribution in [0.2, 0.25) is 5.02 Å². The van der Waals surface area contributed by atoms with Gasteiger partial charge in [0.1, 0.15) is 5.60 Å². The Kier molecular flexibility index (Phi) is 4.23. The van der Waals surface area contributed by atoms with Crippen molar-refractivity contribution in [3.63, 3.8) is 0 Å². The monoisotopic (exact) mass is 324 g/mol. The van der Waals surface area contributed by atoms with Crippen molar-refractivity contribution < 1.29 is 9.90 Å². The highest BCUT2D eigenvalue weighted by molar-refractivity contribution is 6.30. The van der Waals surface area contributed by atoms with Crippen LogP contribution in [-0.2, 0) is 6.42 Å². The Morgan fingerprint density at radius 2 is 1.91 bits per heavy atom. The average molecular weight is 325 g/mol. The molecular formula is C20H17ClO2. The van der Waals surface area contributed by atoms with Gasteiger partial charge in [0, 0.05) is 16.5 Å². The summed E-state index contributed by atoms with van der Waals surface area (Å²) in [5, 5.41) is 11.8. The lowest BCUT2D eigenvalue weighted by Gasteiger charge is -2.37. The van der Waals surface area contributed by atoms with Crippen LogP contribution in [0.5, 0.6) is 0 Å². The average Bonchev–Trinajstić information content (AvgIpc) is 2.57. The van der Waals surface area contributed by atoms with E-state index in [2.05, 4.69) is 12.3 Å². The summed E-state index contributed by atoms with van der Waals surface area (Å²) in [4.78, 5) is 13.0. The standard InChI is InChI=1S/C20H17ClO2/c1-2-5-18(15-8-10-16(21)11-9-15)20(23)13-12-14-6-3-4-7-17(14)19(20)22/h3-11,18,23H,1,12-13H2/t18-,20-/m1/s1. The van der Waals surface area contributed by atoms with Crippen LogP contribution in [0.25, 0.3) is 0 Å². The summed E-state index contributed by atoms with van der Waals surface area (Å²) in [6, 6.07) is 14.6. The van der Waals surface area contributed by atoms with Crippen LogP contribution in [0, 0.1) is 0 Å². The molecule has 0 fully saturated rings. The van der Waals surface area contributed by atoms with Gasteiger partial charge >= 0.3 is 0 Å². The second-order valence-electron chi connectivity index (χ2n) is 5.81. The molecule has 0 aromatic heterocycles. The highest BCUT2D eigenvalue weighted by atomic mass is 35.5. The van der Waals surface area contributed by atoms with Crippen molar-refractivity contribution in [2.24, 2.45) is 0 Å². The van der Waals surface area contributed by atoms with E-state index in [1.165, 1.54) is 0 Å². The molecule has 2 aromatic carbocycles. The van der Waals surface area contributed by atoms with E-state index in [1.54, 1.807) is 24.3 Å². The highest BCUT2D eigenvalue weighted by Crippen LogP contribution is 2.40. The normalized spacial score (nSPS) is 21.2. The summed E-state index contributed by atoms with van der Waals surface area (Å²) in [7, 11) is 0. The molecule has 0 aliphatic heterocycles. The molecule has 23 heavy (non-hydrogen) atoms. The number of carbonyl (C=O) groups excluding carboxylic acids is 1. The molecule has 0 bridgehead atoms. The van der Waals surface area contributed by atoms with Crippen LogP contribution in [-0.4, -0.2) is 16.5 Å². The molecule has 1 aliphatic rings. The zero-order valence-electron chi connectivity index (χ0n) is 12.6. The molecule has 1 aliphatic carbocycles. The van der Waals surface area contributed by atoms with Gasteiger partial charge in [0.25, 0.3) is 0 Å². The van der Waals surface area contributed by atoms with Gasteiger partial charge in [0.15, 0.2) is 5.78 Å². The van der Waals surface area contributed by atoms with Crippen LogP contribution >= 0.6 is 11.6 Å². The molecule has 0 saturated carbocycles. The van der Waals surface area contributed by atoms with Crippen molar-refractivity contribution in [1.82, 2.24) is 0 Å². The Morgan fingerprint density at radius 3 is 2.61 bits per heavy atom. The van der Waals surface area contributed by atoms with Gasteiger partial charge in [-0.05, 0) is 42.2 Å². The number of benzene rings is 2. The molecule has 0 unspecified atom stereocenters. The predicted molar refractivity (Wildman–Crippen MR) is 91.9 cm³/mol. The molecule has 3 heteroatoms. The summed E-state index contributed by atoms with van der Waals surface area (Å²) in [6.07, 6.45) is 2.69. The van der Waals surface area contributed by atoms with E-state index in [-0.39, 0.29) is 5.78 Å². The number of Topliss-reactive ketones (excluding diaryl/α,β-unsaturated/α-hetero) is 1. The van der Waals surface area contributed by atoms with E-state index in [0.717, 1.165) is 11.1 Å². The number of halogens is 1. The van der Waals surface area contributed by atoms with E-state index in [4.69, 9.17) is 11.6 Å². The van der Waals surface area contributed by atoms with Crippen LogP contribution in [0.15, 0.2) is 66.9 Å². The highest BCUT2D eigenvalue weighted by Gasteiger charge is 2.46. The van der Waals surface area contributed by atoms with Crippen molar-refractivity contribution in [3.05, 3.63) is 88.6 Å². The minimum absolute atomic E-state index is 0.245. The molecule has 0 saturated heterocycles. The zero-order valence-corrected chi connectivity index (χ0v) is 13.4. The molecule has 116 valence electrons. The summed E-state index contributed by atoms with van der Waals surface area (Å²) in [5.41, 5.74) is 3.64. The molecule has 0 heterocycles. The van der Waals surface area contributed by atoms with Crippen LogP contribution in [0.1, 0.15) is 33.8 Å². The van der Waals surface area contributed by atoms with E-state index in [9.17, 15) is 9.90 Å². The Morgan fingerprint density at radius 1 is 1.22 bits per heavy atom. The number of fused-ring (bicyclic) bond motifs is 1. The molecule has 0 radical (unpaired) electrons. The van der Waals surface area contributed by atoms with E-state index in [0.29, 0.717) is 23.4 Å². The summed E-state index contributed by atoms with van der Waals surface area (Å²) in [5.74, 6) is -0.746. The van der Waals surface area contributed by atoms with Gasteiger partial charge < -0.3 is 5.11 Å². The zero-order chi connectivity index (χ0) is 16.4. The first kappa shape index (κ1) is 15.8. The maximum absolute atomic E-state index is 13.0. The van der Waals surface area contributed by atoms with Gasteiger partial charge in [-0.1, -0.05) is 54.6 Å². The molecule has 2 atom stereocenters. The largest absolute Gasteiger partial charge is 0.381 e. The maximum Gasteiger partial charge on any atom is 0.195 e. The minimum atomic E-state index is -1.49. The topological polar surface area (TPSA) is 37.3 Å². The number of aliphatic hydroxyl groups is 1. The fourth-order valence-electron chi connectivity index (χ4n) is 3.23. The number of carbonyl (C=O) groups is 1. The smallest absolute Gasteiger partial charge is 0.195 e. The Labute approximate surface area is 140 Å². The third-order valence-corrected chi connectivity index (χ3v) is 4.71. The second-order valence-corrected chi connectivity index (χ2v) is 6.25. The van der Waals surface area contributed by atoms with E-state index < -0.39 is 11.5 Å². The quantitative estimate of drug-likeness (QED) is 0.853. The Hall–Kier alpha value is -2.12. The van der Waals surface area contributed by atoms with E-state index in [1.807, 2.05) is 30.3 Å². The van der Waals surface area contributed by atoms with Crippen molar-refractivity contribution in [2.75, 3.05) is 0 Å². The molecule has 0 spiro atoms. The second kappa shape index (κ2) is 6.17. The van der Waals surface area contributed by atoms with Gasteiger partial charge in [0.05, 0.1) is 0 Å². The molecule has 0 amide bonds. The third-order valence-electron chi connectivity index (χ3n) is 4.46. The van der Waals surface area contributed by atoms with Crippen molar-refractivity contribution >= 4 is 17.4 Å². The Bertz CT molecular complexity index is 788. The summed E-state index contributed by atoms with van der Waals surface area (Å²) < 4.78 is 0. The third kappa shape index (κ3) is 2.77. The predicted octanol–water partition coefficient (Wildman–Crippen LogP) is 4.32. The number of rotatable bonds is 3. The molecular weight excluding hydrogens is 308 g/mol. The number of hydrogen-bond donors (Lipinski definition) is 1. The van der Waals surface area contributed by atoms with Gasteiger partial charge in [-0.2, -0.15) is 0 Å². The number of hydrogen-bond acceptors (Lipinski definition) is 2. The first-order valence-electron chi connectivity index (χ1n) is 7.53. The van der Waals surface area contributed by atoms with Gasteiger partial charge in [-0.15, -0.1) is 5.73 Å². The SMILES string of the molecule is C=C=C[C@H](c1ccc(Cl)cc1)[C@]1(O)CCc2ccccc2C1=O. The van der Waals surface area contributed by atoms with Gasteiger partial charge in [-0.25, -0.2) is 0 Å². The molecule has 2 nitrogen and oxygen atoms in total. The first-order chi connectivity index (χ1) is 11.1. The molecule has 1 N–H and O–H groups in total. The van der Waals surface area contributed by atoms with Crippen LogP contribution < -0.4 is 0 Å². The van der Waals surface area contributed by atoms with Crippen molar-refractivity contribution in [1.29, 1.82) is 0 Å². The maximum atomic E-state index is 13.0. The van der Waals surface area contributed by atoms with Gasteiger partial charge in [0.2, 0.25) is 0 Å². The van der Waals surface area contributed by atoms with Crippen molar-refractivity contribution in [2.45, 2.75) is 24.4 Å². The lowest BCUT2D eigenvalue weighted by Crippen LogP contribution is -2.47. The number of ketones is 1.